The van der Waals surface area contributed by atoms with E-state index in [1.165, 1.54) is 11.3 Å². The lowest BCUT2D eigenvalue weighted by molar-refractivity contribution is 0.0101. The van der Waals surface area contributed by atoms with Crippen molar-refractivity contribution in [3.8, 4) is 0 Å². The molecular formula is C16H25N3O3S. The van der Waals surface area contributed by atoms with Crippen molar-refractivity contribution in [2.24, 2.45) is 0 Å². The maximum absolute atomic E-state index is 12.3. The summed E-state index contributed by atoms with van der Waals surface area (Å²) >= 11 is 1.34. The summed E-state index contributed by atoms with van der Waals surface area (Å²) in [5.74, 6) is -0.0142. The van der Waals surface area contributed by atoms with Crippen molar-refractivity contribution >= 4 is 23.2 Å². The molecule has 1 atom stereocenters. The van der Waals surface area contributed by atoms with E-state index < -0.39 is 5.60 Å². The highest BCUT2D eigenvalue weighted by atomic mass is 32.1. The number of hydrogen-bond donors (Lipinski definition) is 1. The molecule has 1 saturated heterocycles. The van der Waals surface area contributed by atoms with Gasteiger partial charge in [-0.15, -0.1) is 11.3 Å². The number of piperidine rings is 1. The molecule has 1 amide bonds. The van der Waals surface area contributed by atoms with Crippen LogP contribution in [0.25, 0.3) is 0 Å². The Morgan fingerprint density at radius 1 is 1.43 bits per heavy atom. The van der Waals surface area contributed by atoms with E-state index in [0.29, 0.717) is 18.1 Å². The normalized spacial score (nSPS) is 18.7. The average Bonchev–Trinajstić information content (AvgIpc) is 3.00. The van der Waals surface area contributed by atoms with E-state index in [1.807, 2.05) is 20.8 Å². The molecule has 1 aliphatic rings. The summed E-state index contributed by atoms with van der Waals surface area (Å²) in [6, 6.07) is 0.0719. The zero-order valence-corrected chi connectivity index (χ0v) is 14.8. The summed E-state index contributed by atoms with van der Waals surface area (Å²) in [6.07, 6.45) is 4.37. The number of rotatable bonds is 5. The minimum atomic E-state index is -0.493. The van der Waals surface area contributed by atoms with Gasteiger partial charge in [0.15, 0.2) is 5.01 Å². The van der Waals surface area contributed by atoms with Crippen LogP contribution in [-0.4, -0.2) is 53.0 Å². The van der Waals surface area contributed by atoms with Crippen molar-refractivity contribution in [1.82, 2.24) is 15.2 Å². The van der Waals surface area contributed by atoms with E-state index in [9.17, 15) is 9.59 Å². The standard InChI is InChI=1S/C16H25N3O3S/c1-16(2,3)22-15(21)19-8-5-4-6-12(19)10-17-11-13(20)14-18-7-9-23-14/h7,9,12,17H,4-6,8,10-11H2,1-3H3. The minimum absolute atomic E-state index is 0.0142. The van der Waals surface area contributed by atoms with Gasteiger partial charge in [0.05, 0.1) is 6.54 Å². The lowest BCUT2D eigenvalue weighted by atomic mass is 10.0. The van der Waals surface area contributed by atoms with Gasteiger partial charge in [0.2, 0.25) is 5.78 Å². The smallest absolute Gasteiger partial charge is 0.410 e. The van der Waals surface area contributed by atoms with E-state index >= 15 is 0 Å². The summed E-state index contributed by atoms with van der Waals surface area (Å²) in [7, 11) is 0. The molecule has 7 heteroatoms. The number of likely N-dealkylation sites (tertiary alicyclic amines) is 1. The fourth-order valence-electron chi connectivity index (χ4n) is 2.56. The van der Waals surface area contributed by atoms with Crippen molar-refractivity contribution < 1.29 is 14.3 Å². The van der Waals surface area contributed by atoms with Crippen LogP contribution >= 0.6 is 11.3 Å². The first kappa shape index (κ1) is 17.9. The van der Waals surface area contributed by atoms with Gasteiger partial charge in [-0.05, 0) is 40.0 Å². The molecule has 2 heterocycles. The second-order valence-electron chi connectivity index (χ2n) is 6.71. The van der Waals surface area contributed by atoms with Crippen LogP contribution in [0, 0.1) is 0 Å². The monoisotopic (exact) mass is 339 g/mol. The first-order chi connectivity index (χ1) is 10.9. The van der Waals surface area contributed by atoms with Crippen molar-refractivity contribution in [1.29, 1.82) is 0 Å². The van der Waals surface area contributed by atoms with Crippen LogP contribution in [0.5, 0.6) is 0 Å². The molecular weight excluding hydrogens is 314 g/mol. The number of carbonyl (C=O) groups is 2. The van der Waals surface area contributed by atoms with Crippen LogP contribution in [0.4, 0.5) is 4.79 Å². The van der Waals surface area contributed by atoms with Gasteiger partial charge in [-0.1, -0.05) is 0 Å². The minimum Gasteiger partial charge on any atom is -0.444 e. The van der Waals surface area contributed by atoms with E-state index in [1.54, 1.807) is 16.5 Å². The lowest BCUT2D eigenvalue weighted by Crippen LogP contribution is -2.50. The number of nitrogens with zero attached hydrogens (tertiary/aromatic N) is 2. The van der Waals surface area contributed by atoms with Gasteiger partial charge in [0.1, 0.15) is 5.60 Å². The Labute approximate surface area is 141 Å². The molecule has 1 aromatic rings. The fourth-order valence-corrected chi connectivity index (χ4v) is 3.14. The third-order valence-corrected chi connectivity index (χ3v) is 4.41. The molecule has 1 fully saturated rings. The second kappa shape index (κ2) is 7.88. The third kappa shape index (κ3) is 5.58. The zero-order chi connectivity index (χ0) is 16.9. The molecule has 0 aliphatic carbocycles. The molecule has 128 valence electrons. The van der Waals surface area contributed by atoms with E-state index in [4.69, 9.17) is 4.74 Å². The van der Waals surface area contributed by atoms with Gasteiger partial charge in [0, 0.05) is 30.7 Å². The van der Waals surface area contributed by atoms with Crippen LogP contribution in [0.2, 0.25) is 0 Å². The first-order valence-corrected chi connectivity index (χ1v) is 8.88. The summed E-state index contributed by atoms with van der Waals surface area (Å²) in [5, 5.41) is 5.47. The van der Waals surface area contributed by atoms with Gasteiger partial charge in [-0.3, -0.25) is 4.79 Å². The van der Waals surface area contributed by atoms with Crippen molar-refractivity contribution in [2.75, 3.05) is 19.6 Å². The second-order valence-corrected chi connectivity index (χ2v) is 7.61. The summed E-state index contributed by atoms with van der Waals surface area (Å²) < 4.78 is 5.48. The zero-order valence-electron chi connectivity index (χ0n) is 14.0. The Kier molecular flexibility index (Phi) is 6.12. The van der Waals surface area contributed by atoms with Crippen LogP contribution in [0.3, 0.4) is 0 Å². The van der Waals surface area contributed by atoms with Crippen molar-refractivity contribution in [3.05, 3.63) is 16.6 Å². The molecule has 1 unspecified atom stereocenters. The SMILES string of the molecule is CC(C)(C)OC(=O)N1CCCCC1CNCC(=O)c1nccs1. The predicted molar refractivity (Wildman–Crippen MR) is 89.9 cm³/mol. The molecule has 0 aromatic carbocycles. The van der Waals surface area contributed by atoms with E-state index in [0.717, 1.165) is 19.3 Å². The largest absolute Gasteiger partial charge is 0.444 e. The molecule has 6 nitrogen and oxygen atoms in total. The van der Waals surface area contributed by atoms with Gasteiger partial charge in [-0.25, -0.2) is 9.78 Å². The molecule has 0 bridgehead atoms. The van der Waals surface area contributed by atoms with Crippen molar-refractivity contribution in [3.63, 3.8) is 0 Å². The number of nitrogens with one attached hydrogen (secondary N) is 1. The fraction of sp³-hybridized carbons (Fsp3) is 0.688. The Hall–Kier alpha value is -1.47. The Morgan fingerprint density at radius 3 is 2.87 bits per heavy atom. The molecule has 1 aromatic heterocycles. The number of hydrogen-bond acceptors (Lipinski definition) is 6. The highest BCUT2D eigenvalue weighted by Crippen LogP contribution is 2.20. The van der Waals surface area contributed by atoms with Gasteiger partial charge < -0.3 is 15.0 Å². The molecule has 0 spiro atoms. The highest BCUT2D eigenvalue weighted by Gasteiger charge is 2.30. The maximum atomic E-state index is 12.3. The quantitative estimate of drug-likeness (QED) is 0.835. The summed E-state index contributed by atoms with van der Waals surface area (Å²) in [5.41, 5.74) is -0.493. The number of aromatic nitrogens is 1. The third-order valence-electron chi connectivity index (χ3n) is 3.59. The average molecular weight is 339 g/mol. The van der Waals surface area contributed by atoms with Crippen LogP contribution < -0.4 is 5.32 Å². The molecule has 1 aliphatic heterocycles. The molecule has 23 heavy (non-hydrogen) atoms. The van der Waals surface area contributed by atoms with Gasteiger partial charge in [0.25, 0.3) is 0 Å². The predicted octanol–water partition coefficient (Wildman–Crippen LogP) is 2.71. The summed E-state index contributed by atoms with van der Waals surface area (Å²) in [4.78, 5) is 30.0. The van der Waals surface area contributed by atoms with E-state index in [-0.39, 0.29) is 24.5 Å². The number of carbonyl (C=O) groups excluding carboxylic acids is 2. The Balaban J connectivity index is 1.84. The summed E-state index contributed by atoms with van der Waals surface area (Å²) in [6.45, 7) is 7.16. The van der Waals surface area contributed by atoms with Gasteiger partial charge in [-0.2, -0.15) is 0 Å². The number of Topliss-reactive ketones (excluding diaryl/α,β-unsaturated/α-hetero) is 1. The van der Waals surface area contributed by atoms with Crippen LogP contribution in [0.15, 0.2) is 11.6 Å². The molecule has 2 rings (SSSR count). The Morgan fingerprint density at radius 2 is 2.22 bits per heavy atom. The number of ketones is 1. The molecule has 0 saturated carbocycles. The first-order valence-electron chi connectivity index (χ1n) is 8.00. The number of amides is 1. The maximum Gasteiger partial charge on any atom is 0.410 e. The topological polar surface area (TPSA) is 71.5 Å². The molecule has 1 N–H and O–H groups in total. The van der Waals surface area contributed by atoms with Gasteiger partial charge >= 0.3 is 6.09 Å². The number of ether oxygens (including phenoxy) is 1. The highest BCUT2D eigenvalue weighted by molar-refractivity contribution is 7.11. The lowest BCUT2D eigenvalue weighted by Gasteiger charge is -2.36. The van der Waals surface area contributed by atoms with Crippen LogP contribution in [0.1, 0.15) is 49.8 Å². The number of thiazole rings is 1. The van der Waals surface area contributed by atoms with E-state index in [2.05, 4.69) is 10.3 Å². The molecule has 0 radical (unpaired) electrons. The van der Waals surface area contributed by atoms with Crippen LogP contribution in [-0.2, 0) is 4.74 Å². The van der Waals surface area contributed by atoms with Crippen molar-refractivity contribution in [2.45, 2.75) is 51.7 Å². The Bertz CT molecular complexity index is 525.